The SMILES string of the molecule is CC(C)c1cc2c3c(c1)N1c4c(cccc4N(c4ccccc4)C1(C)C)B3c1cc3c(cc1N2c1ccccc1)C(C)(C)c1ccccc1C3(C)C. The molecule has 256 valence electrons. The molecule has 4 heteroatoms. The molecular weight excluding hydrogens is 629 g/mol. The molecule has 6 aromatic carbocycles. The Labute approximate surface area is 309 Å². The van der Waals surface area contributed by atoms with Crippen LogP contribution in [-0.2, 0) is 10.8 Å². The van der Waals surface area contributed by atoms with Gasteiger partial charge in [-0.2, -0.15) is 0 Å². The van der Waals surface area contributed by atoms with Crippen LogP contribution in [0.15, 0.2) is 127 Å². The first-order valence-electron chi connectivity index (χ1n) is 19.0. The van der Waals surface area contributed by atoms with Gasteiger partial charge in [0.1, 0.15) is 5.66 Å². The highest BCUT2D eigenvalue weighted by atomic mass is 15.5. The molecule has 3 heterocycles. The predicted molar refractivity (Wildman–Crippen MR) is 222 cm³/mol. The molecule has 0 amide bonds. The number of hydrogen-bond donors (Lipinski definition) is 0. The molecule has 0 N–H and O–H groups in total. The van der Waals surface area contributed by atoms with Crippen molar-refractivity contribution in [2.24, 2.45) is 0 Å². The highest BCUT2D eigenvalue weighted by Crippen LogP contribution is 2.56. The van der Waals surface area contributed by atoms with Gasteiger partial charge >= 0.3 is 0 Å². The summed E-state index contributed by atoms with van der Waals surface area (Å²) < 4.78 is 0. The highest BCUT2D eigenvalue weighted by Gasteiger charge is 2.54. The van der Waals surface area contributed by atoms with Gasteiger partial charge < -0.3 is 14.7 Å². The summed E-state index contributed by atoms with van der Waals surface area (Å²) in [5.74, 6) is 0.367. The Bertz CT molecular complexity index is 2440. The van der Waals surface area contributed by atoms with Gasteiger partial charge in [0.15, 0.2) is 0 Å². The lowest BCUT2D eigenvalue weighted by atomic mass is 9.33. The first-order valence-corrected chi connectivity index (χ1v) is 19.0. The maximum atomic E-state index is 2.67. The maximum absolute atomic E-state index is 2.67. The summed E-state index contributed by atoms with van der Waals surface area (Å²) in [5.41, 5.74) is 19.5. The lowest BCUT2D eigenvalue weighted by molar-refractivity contribution is 0.521. The second-order valence-corrected chi connectivity index (χ2v) is 17.2. The molecule has 0 atom stereocenters. The van der Waals surface area contributed by atoms with Crippen LogP contribution in [0.2, 0.25) is 0 Å². The summed E-state index contributed by atoms with van der Waals surface area (Å²) in [5, 5.41) is 0. The van der Waals surface area contributed by atoms with Crippen molar-refractivity contribution in [2.75, 3.05) is 14.7 Å². The molecule has 10 rings (SSSR count). The standard InChI is InChI=1S/C48H46BN3/c1-30(2)31-26-42-44-43(27-31)52-45-38(24-17-25-40(45)51(48(52,7)8)33-20-13-10-14-21-33)49(44)39-28-36-37(29-41(39)50(42)32-18-11-9-12-19-32)47(5,6)35-23-16-15-22-34(35)46(36,3)4/h9-30H,1-8H3. The van der Waals surface area contributed by atoms with Crippen LogP contribution in [0.25, 0.3) is 0 Å². The third-order valence-electron chi connectivity index (χ3n) is 12.9. The van der Waals surface area contributed by atoms with E-state index in [9.17, 15) is 0 Å². The summed E-state index contributed by atoms with van der Waals surface area (Å²) in [6, 6.07) is 48.4. The zero-order chi connectivity index (χ0) is 35.9. The number of benzene rings is 6. The van der Waals surface area contributed by atoms with Crippen molar-refractivity contribution in [2.45, 2.75) is 77.8 Å². The van der Waals surface area contributed by atoms with E-state index in [4.69, 9.17) is 0 Å². The van der Waals surface area contributed by atoms with Gasteiger partial charge in [-0.15, -0.1) is 0 Å². The van der Waals surface area contributed by atoms with Crippen LogP contribution in [0.1, 0.15) is 89.1 Å². The predicted octanol–water partition coefficient (Wildman–Crippen LogP) is 10.4. The zero-order valence-corrected chi connectivity index (χ0v) is 31.6. The Morgan fingerprint density at radius 3 is 1.69 bits per heavy atom. The van der Waals surface area contributed by atoms with Crippen molar-refractivity contribution in [3.8, 4) is 0 Å². The second-order valence-electron chi connectivity index (χ2n) is 17.2. The van der Waals surface area contributed by atoms with Crippen molar-refractivity contribution >= 4 is 62.9 Å². The van der Waals surface area contributed by atoms with Gasteiger partial charge in [-0.25, -0.2) is 0 Å². The fraction of sp³-hybridized carbons (Fsp3) is 0.250. The average molecular weight is 676 g/mol. The number of hydrogen-bond acceptors (Lipinski definition) is 3. The number of nitrogens with zero attached hydrogens (tertiary/aromatic N) is 3. The van der Waals surface area contributed by atoms with Crippen LogP contribution in [0, 0.1) is 0 Å². The third kappa shape index (κ3) is 3.93. The highest BCUT2D eigenvalue weighted by molar-refractivity contribution is 7.00. The summed E-state index contributed by atoms with van der Waals surface area (Å²) in [6.45, 7) is 19.2. The average Bonchev–Trinajstić information content (AvgIpc) is 3.39. The van der Waals surface area contributed by atoms with Gasteiger partial charge in [0.05, 0.1) is 11.4 Å². The van der Waals surface area contributed by atoms with E-state index in [2.05, 4.69) is 197 Å². The molecule has 0 spiro atoms. The quantitative estimate of drug-likeness (QED) is 0.173. The molecule has 1 aliphatic carbocycles. The molecule has 0 bridgehead atoms. The summed E-state index contributed by atoms with van der Waals surface area (Å²) in [4.78, 5) is 7.82. The molecule has 0 fully saturated rings. The Kier molecular flexibility index (Phi) is 6.33. The van der Waals surface area contributed by atoms with Crippen LogP contribution in [0.5, 0.6) is 0 Å². The molecule has 52 heavy (non-hydrogen) atoms. The minimum Gasteiger partial charge on any atom is -0.317 e. The van der Waals surface area contributed by atoms with Crippen molar-refractivity contribution in [3.05, 3.63) is 155 Å². The summed E-state index contributed by atoms with van der Waals surface area (Å²) >= 11 is 0. The number of rotatable bonds is 3. The van der Waals surface area contributed by atoms with Gasteiger partial charge in [-0.3, -0.25) is 0 Å². The van der Waals surface area contributed by atoms with Crippen LogP contribution in [0.3, 0.4) is 0 Å². The van der Waals surface area contributed by atoms with E-state index in [-0.39, 0.29) is 23.2 Å². The van der Waals surface area contributed by atoms with E-state index in [0.717, 1.165) is 0 Å². The molecule has 3 nitrogen and oxygen atoms in total. The fourth-order valence-corrected chi connectivity index (χ4v) is 10.4. The molecule has 6 aromatic rings. The fourth-order valence-electron chi connectivity index (χ4n) is 10.4. The summed E-state index contributed by atoms with van der Waals surface area (Å²) in [6.07, 6.45) is 0. The maximum Gasteiger partial charge on any atom is 0.252 e. The van der Waals surface area contributed by atoms with E-state index in [0.29, 0.717) is 5.92 Å². The van der Waals surface area contributed by atoms with Gasteiger partial charge in [-0.1, -0.05) is 120 Å². The molecule has 3 aliphatic heterocycles. The topological polar surface area (TPSA) is 9.72 Å². The minimum atomic E-state index is -0.350. The Morgan fingerprint density at radius 1 is 0.481 bits per heavy atom. The monoisotopic (exact) mass is 675 g/mol. The van der Waals surface area contributed by atoms with Gasteiger partial charge in [0.2, 0.25) is 0 Å². The van der Waals surface area contributed by atoms with Crippen molar-refractivity contribution in [3.63, 3.8) is 0 Å². The first kappa shape index (κ1) is 31.5. The molecule has 0 radical (unpaired) electrons. The van der Waals surface area contributed by atoms with Gasteiger partial charge in [-0.05, 0) is 113 Å². The molecule has 0 unspecified atom stereocenters. The molecule has 4 aliphatic rings. The normalized spacial score (nSPS) is 17.7. The molecule has 0 aromatic heterocycles. The van der Waals surface area contributed by atoms with Crippen molar-refractivity contribution in [1.82, 2.24) is 0 Å². The van der Waals surface area contributed by atoms with Crippen LogP contribution in [0.4, 0.5) is 39.8 Å². The third-order valence-corrected chi connectivity index (χ3v) is 12.9. The summed E-state index contributed by atoms with van der Waals surface area (Å²) in [7, 11) is 0. The second kappa shape index (κ2) is 10.4. The molecule has 0 saturated carbocycles. The van der Waals surface area contributed by atoms with Crippen LogP contribution < -0.4 is 31.1 Å². The smallest absolute Gasteiger partial charge is 0.252 e. The van der Waals surface area contributed by atoms with Crippen molar-refractivity contribution in [1.29, 1.82) is 0 Å². The minimum absolute atomic E-state index is 0.0836. The lowest BCUT2D eigenvalue weighted by Gasteiger charge is -2.49. The Hall–Kier alpha value is -5.22. The first-order chi connectivity index (χ1) is 24.9. The van der Waals surface area contributed by atoms with E-state index < -0.39 is 0 Å². The largest absolute Gasteiger partial charge is 0.317 e. The Morgan fingerprint density at radius 2 is 1.06 bits per heavy atom. The van der Waals surface area contributed by atoms with Crippen LogP contribution >= 0.6 is 0 Å². The Balaban J connectivity index is 1.34. The molecule has 0 saturated heterocycles. The van der Waals surface area contributed by atoms with Crippen LogP contribution in [-0.4, -0.2) is 12.4 Å². The van der Waals surface area contributed by atoms with Gasteiger partial charge in [0, 0.05) is 39.3 Å². The zero-order valence-electron chi connectivity index (χ0n) is 31.6. The van der Waals surface area contributed by atoms with E-state index in [1.54, 1.807) is 0 Å². The number of fused-ring (bicyclic) bond motifs is 6. The van der Waals surface area contributed by atoms with E-state index >= 15 is 0 Å². The molecular formula is C48H46BN3. The van der Waals surface area contributed by atoms with Gasteiger partial charge in [0.25, 0.3) is 6.71 Å². The number of anilines is 7. The number of para-hydroxylation sites is 3. The van der Waals surface area contributed by atoms with E-state index in [1.165, 1.54) is 84.0 Å². The van der Waals surface area contributed by atoms with Crippen molar-refractivity contribution < 1.29 is 0 Å². The van der Waals surface area contributed by atoms with E-state index in [1.807, 2.05) is 0 Å². The lowest BCUT2D eigenvalue weighted by Crippen LogP contribution is -2.64.